The lowest BCUT2D eigenvalue weighted by atomic mass is 10.1. The maximum absolute atomic E-state index is 11.9. The Balaban J connectivity index is 2.00. The number of amides is 1. The lowest BCUT2D eigenvalue weighted by Gasteiger charge is -2.06. The quantitative estimate of drug-likeness (QED) is 0.651. The fourth-order valence-electron chi connectivity index (χ4n) is 1.86. The number of non-ortho nitro benzene ring substituents is 1. The molecule has 21 heavy (non-hydrogen) atoms. The van der Waals surface area contributed by atoms with E-state index in [1.54, 1.807) is 36.4 Å². The number of anilines is 1. The van der Waals surface area contributed by atoms with Crippen molar-refractivity contribution in [2.24, 2.45) is 0 Å². The molecule has 0 bridgehead atoms. The molecular weight excluding hydrogens is 272 g/mol. The van der Waals surface area contributed by atoms with Crippen LogP contribution in [-0.2, 0) is 17.8 Å². The fourth-order valence-corrected chi connectivity index (χ4v) is 1.86. The zero-order valence-corrected chi connectivity index (χ0v) is 11.2. The second-order valence-corrected chi connectivity index (χ2v) is 4.51. The molecule has 0 saturated carbocycles. The largest absolute Gasteiger partial charge is 0.392 e. The summed E-state index contributed by atoms with van der Waals surface area (Å²) in [5.41, 5.74) is 1.91. The highest BCUT2D eigenvalue weighted by molar-refractivity contribution is 5.92. The Hall–Kier alpha value is -2.73. The summed E-state index contributed by atoms with van der Waals surface area (Å²) in [7, 11) is 0. The summed E-state index contributed by atoms with van der Waals surface area (Å²) in [6, 6.07) is 12.8. The molecule has 2 aromatic rings. The minimum absolute atomic E-state index is 0.0346. The van der Waals surface area contributed by atoms with E-state index in [-0.39, 0.29) is 24.6 Å². The van der Waals surface area contributed by atoms with Gasteiger partial charge in [0.15, 0.2) is 0 Å². The van der Waals surface area contributed by atoms with Crippen molar-refractivity contribution in [1.82, 2.24) is 0 Å². The van der Waals surface area contributed by atoms with Crippen LogP contribution < -0.4 is 5.32 Å². The lowest BCUT2D eigenvalue weighted by Crippen LogP contribution is -2.14. The Bertz CT molecular complexity index is 653. The number of nitro groups is 1. The highest BCUT2D eigenvalue weighted by Gasteiger charge is 2.09. The average Bonchev–Trinajstić information content (AvgIpc) is 2.48. The zero-order chi connectivity index (χ0) is 15.2. The highest BCUT2D eigenvalue weighted by Crippen LogP contribution is 2.15. The van der Waals surface area contributed by atoms with Crippen LogP contribution in [0.3, 0.4) is 0 Å². The van der Waals surface area contributed by atoms with Gasteiger partial charge >= 0.3 is 0 Å². The molecule has 1 amide bonds. The fraction of sp³-hybridized carbons (Fsp3) is 0.133. The number of rotatable bonds is 5. The van der Waals surface area contributed by atoms with E-state index in [9.17, 15) is 14.9 Å². The monoisotopic (exact) mass is 286 g/mol. The molecule has 0 aromatic heterocycles. The summed E-state index contributed by atoms with van der Waals surface area (Å²) in [5, 5.41) is 22.3. The van der Waals surface area contributed by atoms with E-state index in [1.807, 2.05) is 0 Å². The standard InChI is InChI=1S/C15H14N2O4/c18-10-11-4-6-13(7-5-11)16-15(19)9-12-2-1-3-14(8-12)17(20)21/h1-8,18H,9-10H2,(H,16,19). The van der Waals surface area contributed by atoms with Crippen molar-refractivity contribution in [1.29, 1.82) is 0 Å². The molecule has 0 heterocycles. The lowest BCUT2D eigenvalue weighted by molar-refractivity contribution is -0.384. The van der Waals surface area contributed by atoms with E-state index in [4.69, 9.17) is 5.11 Å². The van der Waals surface area contributed by atoms with E-state index < -0.39 is 4.92 Å². The zero-order valence-electron chi connectivity index (χ0n) is 11.2. The number of nitro benzene ring substituents is 1. The third-order valence-corrected chi connectivity index (χ3v) is 2.91. The summed E-state index contributed by atoms with van der Waals surface area (Å²) < 4.78 is 0. The molecule has 0 aliphatic heterocycles. The summed E-state index contributed by atoms with van der Waals surface area (Å²) in [6.45, 7) is -0.0537. The van der Waals surface area contributed by atoms with Crippen LogP contribution in [0.5, 0.6) is 0 Å². The van der Waals surface area contributed by atoms with Crippen LogP contribution in [0.4, 0.5) is 11.4 Å². The van der Waals surface area contributed by atoms with E-state index in [0.717, 1.165) is 5.56 Å². The Morgan fingerprint density at radius 3 is 2.48 bits per heavy atom. The molecular formula is C15H14N2O4. The molecule has 2 N–H and O–H groups in total. The predicted molar refractivity (Wildman–Crippen MR) is 77.8 cm³/mol. The number of nitrogens with one attached hydrogen (secondary N) is 1. The van der Waals surface area contributed by atoms with Gasteiger partial charge in [-0.2, -0.15) is 0 Å². The van der Waals surface area contributed by atoms with Gasteiger partial charge in [-0.25, -0.2) is 0 Å². The number of nitrogens with zero attached hydrogens (tertiary/aromatic N) is 1. The second kappa shape index (κ2) is 6.62. The van der Waals surface area contributed by atoms with Crippen LogP contribution in [0.15, 0.2) is 48.5 Å². The van der Waals surface area contributed by atoms with E-state index in [0.29, 0.717) is 11.3 Å². The van der Waals surface area contributed by atoms with Crippen molar-refractivity contribution in [2.75, 3.05) is 5.32 Å². The Morgan fingerprint density at radius 1 is 1.14 bits per heavy atom. The van der Waals surface area contributed by atoms with Crippen molar-refractivity contribution >= 4 is 17.3 Å². The molecule has 6 heteroatoms. The average molecular weight is 286 g/mol. The first-order chi connectivity index (χ1) is 10.1. The van der Waals surface area contributed by atoms with E-state index >= 15 is 0 Å². The van der Waals surface area contributed by atoms with Crippen molar-refractivity contribution in [2.45, 2.75) is 13.0 Å². The normalized spacial score (nSPS) is 10.1. The molecule has 108 valence electrons. The molecule has 2 aromatic carbocycles. The second-order valence-electron chi connectivity index (χ2n) is 4.51. The third kappa shape index (κ3) is 4.12. The highest BCUT2D eigenvalue weighted by atomic mass is 16.6. The smallest absolute Gasteiger partial charge is 0.269 e. The Kier molecular flexibility index (Phi) is 4.63. The molecule has 2 rings (SSSR count). The maximum atomic E-state index is 11.9. The summed E-state index contributed by atoms with van der Waals surface area (Å²) in [6.07, 6.45) is 0.0590. The number of aliphatic hydroxyl groups is 1. The summed E-state index contributed by atoms with van der Waals surface area (Å²) >= 11 is 0. The number of hydrogen-bond donors (Lipinski definition) is 2. The summed E-state index contributed by atoms with van der Waals surface area (Å²) in [4.78, 5) is 22.1. The molecule has 0 radical (unpaired) electrons. The van der Waals surface area contributed by atoms with E-state index in [1.165, 1.54) is 12.1 Å². The van der Waals surface area contributed by atoms with Crippen molar-refractivity contribution < 1.29 is 14.8 Å². The molecule has 0 saturated heterocycles. The molecule has 0 fully saturated rings. The van der Waals surface area contributed by atoms with Crippen LogP contribution in [0, 0.1) is 10.1 Å². The number of aliphatic hydroxyl groups excluding tert-OH is 1. The van der Waals surface area contributed by atoms with Crippen LogP contribution in [0.1, 0.15) is 11.1 Å². The van der Waals surface area contributed by atoms with Crippen LogP contribution >= 0.6 is 0 Å². The molecule has 0 aliphatic carbocycles. The Morgan fingerprint density at radius 2 is 1.86 bits per heavy atom. The van der Waals surface area contributed by atoms with Crippen LogP contribution in [0.25, 0.3) is 0 Å². The third-order valence-electron chi connectivity index (χ3n) is 2.91. The first kappa shape index (κ1) is 14.7. The van der Waals surface area contributed by atoms with Crippen LogP contribution in [-0.4, -0.2) is 15.9 Å². The Labute approximate surface area is 121 Å². The van der Waals surface area contributed by atoms with Gasteiger partial charge in [0.2, 0.25) is 5.91 Å². The predicted octanol–water partition coefficient (Wildman–Crippen LogP) is 2.27. The van der Waals surface area contributed by atoms with Crippen molar-refractivity contribution in [3.05, 3.63) is 69.8 Å². The number of carbonyl (C=O) groups excluding carboxylic acids is 1. The van der Waals surface area contributed by atoms with Gasteiger partial charge in [-0.1, -0.05) is 24.3 Å². The minimum atomic E-state index is -0.491. The number of hydrogen-bond acceptors (Lipinski definition) is 4. The SMILES string of the molecule is O=C(Cc1cccc([N+](=O)[O-])c1)Nc1ccc(CO)cc1. The molecule has 0 atom stereocenters. The van der Waals surface area contributed by atoms with Gasteiger partial charge in [-0.3, -0.25) is 14.9 Å². The minimum Gasteiger partial charge on any atom is -0.392 e. The molecule has 0 spiro atoms. The van der Waals surface area contributed by atoms with Crippen LogP contribution in [0.2, 0.25) is 0 Å². The van der Waals surface area contributed by atoms with Gasteiger partial charge in [0.05, 0.1) is 18.0 Å². The maximum Gasteiger partial charge on any atom is 0.269 e. The molecule has 0 unspecified atom stereocenters. The van der Waals surface area contributed by atoms with Gasteiger partial charge in [-0.05, 0) is 23.3 Å². The van der Waals surface area contributed by atoms with E-state index in [2.05, 4.69) is 5.32 Å². The topological polar surface area (TPSA) is 92.5 Å². The number of carbonyl (C=O) groups is 1. The van der Waals surface area contributed by atoms with Crippen molar-refractivity contribution in [3.63, 3.8) is 0 Å². The van der Waals surface area contributed by atoms with Gasteiger partial charge in [0, 0.05) is 17.8 Å². The first-order valence-corrected chi connectivity index (χ1v) is 6.31. The summed E-state index contributed by atoms with van der Waals surface area (Å²) in [5.74, 6) is -0.257. The molecule has 6 nitrogen and oxygen atoms in total. The van der Waals surface area contributed by atoms with Gasteiger partial charge in [-0.15, -0.1) is 0 Å². The number of benzene rings is 2. The van der Waals surface area contributed by atoms with Gasteiger partial charge < -0.3 is 10.4 Å². The van der Waals surface area contributed by atoms with Crippen molar-refractivity contribution in [3.8, 4) is 0 Å². The molecule has 0 aliphatic rings. The van der Waals surface area contributed by atoms with Gasteiger partial charge in [0.1, 0.15) is 0 Å². The first-order valence-electron chi connectivity index (χ1n) is 6.31. The van der Waals surface area contributed by atoms with Gasteiger partial charge in [0.25, 0.3) is 5.69 Å².